The third-order valence-corrected chi connectivity index (χ3v) is 3.80. The highest BCUT2D eigenvalue weighted by molar-refractivity contribution is 5.73. The van der Waals surface area contributed by atoms with Gasteiger partial charge in [-0.25, -0.2) is 0 Å². The van der Waals surface area contributed by atoms with Gasteiger partial charge in [-0.15, -0.1) is 0 Å². The van der Waals surface area contributed by atoms with Crippen molar-refractivity contribution >= 4 is 5.97 Å². The maximum atomic E-state index is 11.4. The highest BCUT2D eigenvalue weighted by atomic mass is 16.5. The van der Waals surface area contributed by atoms with E-state index < -0.39 is 0 Å². The van der Waals surface area contributed by atoms with Gasteiger partial charge in [0, 0.05) is 0 Å². The van der Waals surface area contributed by atoms with Gasteiger partial charge in [0.15, 0.2) is 0 Å². The Morgan fingerprint density at radius 3 is 2.50 bits per heavy atom. The Labute approximate surface area is 73.3 Å². The molecule has 4 atom stereocenters. The molecule has 2 heteroatoms. The van der Waals surface area contributed by atoms with Crippen LogP contribution >= 0.6 is 0 Å². The predicted molar refractivity (Wildman–Crippen MR) is 45.5 cm³/mol. The summed E-state index contributed by atoms with van der Waals surface area (Å²) in [7, 11) is 1.50. The molecule has 0 aliphatic heterocycles. The summed E-state index contributed by atoms with van der Waals surface area (Å²) in [6.07, 6.45) is 3.84. The van der Waals surface area contributed by atoms with Crippen molar-refractivity contribution in [2.75, 3.05) is 7.11 Å². The summed E-state index contributed by atoms with van der Waals surface area (Å²) in [5.74, 6) is 2.25. The van der Waals surface area contributed by atoms with E-state index in [0.29, 0.717) is 11.8 Å². The van der Waals surface area contributed by atoms with Crippen LogP contribution in [0.2, 0.25) is 0 Å². The Hall–Kier alpha value is -0.530. The van der Waals surface area contributed by atoms with Crippen LogP contribution in [-0.2, 0) is 9.53 Å². The van der Waals surface area contributed by atoms with Crippen LogP contribution in [0.25, 0.3) is 0 Å². The summed E-state index contributed by atoms with van der Waals surface area (Å²) in [5.41, 5.74) is 0. The van der Waals surface area contributed by atoms with E-state index in [9.17, 15) is 4.79 Å². The lowest BCUT2D eigenvalue weighted by molar-refractivity contribution is -0.149. The summed E-state index contributed by atoms with van der Waals surface area (Å²) in [6, 6.07) is 0. The second-order valence-electron chi connectivity index (χ2n) is 4.24. The summed E-state index contributed by atoms with van der Waals surface area (Å²) < 4.78 is 4.82. The number of rotatable bonds is 1. The molecule has 12 heavy (non-hydrogen) atoms. The first-order valence-corrected chi connectivity index (χ1v) is 4.82. The topological polar surface area (TPSA) is 26.3 Å². The van der Waals surface area contributed by atoms with Crippen LogP contribution in [-0.4, -0.2) is 13.1 Å². The second-order valence-corrected chi connectivity index (χ2v) is 4.24. The van der Waals surface area contributed by atoms with Gasteiger partial charge >= 0.3 is 5.97 Å². The molecule has 2 nitrogen and oxygen atoms in total. The Morgan fingerprint density at radius 1 is 1.33 bits per heavy atom. The minimum Gasteiger partial charge on any atom is -0.469 e. The molecule has 0 aromatic rings. The lowest BCUT2D eigenvalue weighted by atomic mass is 9.80. The van der Waals surface area contributed by atoms with Crippen molar-refractivity contribution in [2.24, 2.45) is 23.7 Å². The normalized spacial score (nSPS) is 44.8. The molecule has 0 aromatic carbocycles. The average Bonchev–Trinajstić information content (AvgIpc) is 2.63. The van der Waals surface area contributed by atoms with Crippen LogP contribution < -0.4 is 0 Å². The van der Waals surface area contributed by atoms with Crippen LogP contribution in [0.1, 0.15) is 26.2 Å². The molecule has 2 aliphatic rings. The van der Waals surface area contributed by atoms with E-state index >= 15 is 0 Å². The molecule has 0 radical (unpaired) electrons. The predicted octanol–water partition coefficient (Wildman–Crippen LogP) is 1.84. The number of carbonyl (C=O) groups is 1. The van der Waals surface area contributed by atoms with Gasteiger partial charge in [-0.1, -0.05) is 6.92 Å². The Morgan fingerprint density at radius 2 is 2.00 bits per heavy atom. The Kier molecular flexibility index (Phi) is 1.85. The molecule has 2 aliphatic carbocycles. The SMILES string of the molecule is COC(=O)C1C2CCC(C2)[C@H]1C. The second kappa shape index (κ2) is 2.75. The van der Waals surface area contributed by atoms with E-state index in [0.717, 1.165) is 5.92 Å². The fourth-order valence-corrected chi connectivity index (χ4v) is 3.12. The summed E-state index contributed by atoms with van der Waals surface area (Å²) >= 11 is 0. The summed E-state index contributed by atoms with van der Waals surface area (Å²) in [6.45, 7) is 2.20. The zero-order valence-corrected chi connectivity index (χ0v) is 7.75. The van der Waals surface area contributed by atoms with Gasteiger partial charge in [-0.2, -0.15) is 0 Å². The van der Waals surface area contributed by atoms with E-state index in [2.05, 4.69) is 6.92 Å². The van der Waals surface area contributed by atoms with Crippen molar-refractivity contribution < 1.29 is 9.53 Å². The number of carbonyl (C=O) groups excluding carboxylic acids is 1. The molecule has 0 heterocycles. The fourth-order valence-electron chi connectivity index (χ4n) is 3.12. The molecule has 2 fully saturated rings. The van der Waals surface area contributed by atoms with Crippen molar-refractivity contribution in [3.63, 3.8) is 0 Å². The zero-order valence-electron chi connectivity index (χ0n) is 7.75. The minimum absolute atomic E-state index is 0.0229. The summed E-state index contributed by atoms with van der Waals surface area (Å²) in [5, 5.41) is 0. The molecule has 2 saturated carbocycles. The van der Waals surface area contributed by atoms with Crippen molar-refractivity contribution in [3.8, 4) is 0 Å². The van der Waals surface area contributed by atoms with E-state index in [-0.39, 0.29) is 11.9 Å². The number of hydrogen-bond acceptors (Lipinski definition) is 2. The molecular weight excluding hydrogens is 152 g/mol. The van der Waals surface area contributed by atoms with Gasteiger partial charge in [0.25, 0.3) is 0 Å². The van der Waals surface area contributed by atoms with Crippen LogP contribution in [0.5, 0.6) is 0 Å². The molecule has 0 amide bonds. The molecule has 3 unspecified atom stereocenters. The smallest absolute Gasteiger partial charge is 0.309 e. The average molecular weight is 168 g/mol. The molecule has 68 valence electrons. The van der Waals surface area contributed by atoms with Crippen LogP contribution in [0.3, 0.4) is 0 Å². The van der Waals surface area contributed by atoms with Crippen molar-refractivity contribution in [2.45, 2.75) is 26.2 Å². The first kappa shape index (κ1) is 8.09. The summed E-state index contributed by atoms with van der Waals surface area (Å²) in [4.78, 5) is 11.4. The molecule has 0 N–H and O–H groups in total. The Bertz CT molecular complexity index is 198. The van der Waals surface area contributed by atoms with Gasteiger partial charge in [0.1, 0.15) is 0 Å². The van der Waals surface area contributed by atoms with Gasteiger partial charge in [-0.05, 0) is 37.0 Å². The number of fused-ring (bicyclic) bond motifs is 2. The fraction of sp³-hybridized carbons (Fsp3) is 0.900. The van der Waals surface area contributed by atoms with E-state index in [1.165, 1.54) is 26.4 Å². The number of methoxy groups -OCH3 is 1. The van der Waals surface area contributed by atoms with E-state index in [4.69, 9.17) is 4.74 Å². The molecule has 0 spiro atoms. The van der Waals surface area contributed by atoms with Crippen LogP contribution in [0, 0.1) is 23.7 Å². The molecule has 2 rings (SSSR count). The Balaban J connectivity index is 2.12. The standard InChI is InChI=1S/C10H16O2/c1-6-7-3-4-8(5-7)9(6)10(11)12-2/h6-9H,3-5H2,1-2H3/t6-,7?,8?,9?/m1/s1. The molecular formula is C10H16O2. The lowest BCUT2D eigenvalue weighted by Crippen LogP contribution is -2.28. The third-order valence-electron chi connectivity index (χ3n) is 3.80. The first-order chi connectivity index (χ1) is 5.74. The van der Waals surface area contributed by atoms with Gasteiger partial charge in [0.2, 0.25) is 0 Å². The number of ether oxygens (including phenoxy) is 1. The first-order valence-electron chi connectivity index (χ1n) is 4.82. The molecule has 0 saturated heterocycles. The number of hydrogen-bond donors (Lipinski definition) is 0. The lowest BCUT2D eigenvalue weighted by Gasteiger charge is -2.25. The van der Waals surface area contributed by atoms with E-state index in [1.54, 1.807) is 0 Å². The number of esters is 1. The highest BCUT2D eigenvalue weighted by Gasteiger charge is 2.48. The third kappa shape index (κ3) is 0.970. The largest absolute Gasteiger partial charge is 0.469 e. The monoisotopic (exact) mass is 168 g/mol. The zero-order chi connectivity index (χ0) is 8.72. The van der Waals surface area contributed by atoms with E-state index in [1.807, 2.05) is 0 Å². The molecule has 0 aromatic heterocycles. The van der Waals surface area contributed by atoms with Crippen molar-refractivity contribution in [3.05, 3.63) is 0 Å². The van der Waals surface area contributed by atoms with Gasteiger partial charge in [0.05, 0.1) is 13.0 Å². The maximum absolute atomic E-state index is 11.4. The minimum atomic E-state index is 0.0229. The van der Waals surface area contributed by atoms with Crippen LogP contribution in [0.15, 0.2) is 0 Å². The van der Waals surface area contributed by atoms with Crippen LogP contribution in [0.4, 0.5) is 0 Å². The van der Waals surface area contributed by atoms with Gasteiger partial charge in [-0.3, -0.25) is 4.79 Å². The maximum Gasteiger partial charge on any atom is 0.309 e. The molecule has 2 bridgehead atoms. The highest BCUT2D eigenvalue weighted by Crippen LogP contribution is 2.52. The van der Waals surface area contributed by atoms with Gasteiger partial charge < -0.3 is 4.74 Å². The quantitative estimate of drug-likeness (QED) is 0.558. The van der Waals surface area contributed by atoms with Crippen molar-refractivity contribution in [1.29, 1.82) is 0 Å². The van der Waals surface area contributed by atoms with Crippen molar-refractivity contribution in [1.82, 2.24) is 0 Å².